The lowest BCUT2D eigenvalue weighted by Crippen LogP contribution is -2.39. The van der Waals surface area contributed by atoms with Crippen molar-refractivity contribution in [3.8, 4) is 34.2 Å². The van der Waals surface area contributed by atoms with Crippen LogP contribution in [0, 0.1) is 11.3 Å². The number of nitriles is 1. The molecule has 2 aromatic heterocycles. The van der Waals surface area contributed by atoms with E-state index in [1.165, 1.54) is 19.4 Å². The Morgan fingerprint density at radius 2 is 1.93 bits per heavy atom. The second-order valence-electron chi connectivity index (χ2n) is 10.0. The minimum atomic E-state index is -0.316. The number of carbonyl (C=O) groups excluding carboxylic acids is 2. The van der Waals surface area contributed by atoms with Crippen LogP contribution in [0.4, 0.5) is 11.5 Å². The second kappa shape index (κ2) is 12.2. The molecule has 5 rings (SSSR count). The number of hydrogen-bond acceptors (Lipinski definition) is 7. The maximum atomic E-state index is 13.1. The van der Waals surface area contributed by atoms with Crippen molar-refractivity contribution in [2.75, 3.05) is 31.9 Å². The summed E-state index contributed by atoms with van der Waals surface area (Å²) in [6.07, 6.45) is 5.73. The molecule has 0 saturated heterocycles. The summed E-state index contributed by atoms with van der Waals surface area (Å²) in [5.74, 6) is 0.176. The average Bonchev–Trinajstić information content (AvgIpc) is 3.33. The summed E-state index contributed by atoms with van der Waals surface area (Å²) < 4.78 is 13.1. The molecule has 0 unspecified atom stereocenters. The van der Waals surface area contributed by atoms with Gasteiger partial charge in [0.15, 0.2) is 0 Å². The van der Waals surface area contributed by atoms with Crippen LogP contribution in [0.1, 0.15) is 35.2 Å². The summed E-state index contributed by atoms with van der Waals surface area (Å²) in [5.41, 5.74) is 11.6. The van der Waals surface area contributed by atoms with Crippen molar-refractivity contribution in [2.24, 2.45) is 0 Å². The van der Waals surface area contributed by atoms with E-state index in [9.17, 15) is 14.9 Å². The number of pyridine rings is 1. The normalized spacial score (nSPS) is 12.8. The smallest absolute Gasteiger partial charge is 0.255 e. The van der Waals surface area contributed by atoms with Crippen molar-refractivity contribution in [3.63, 3.8) is 0 Å². The lowest BCUT2D eigenvalue weighted by molar-refractivity contribution is -0.111. The summed E-state index contributed by atoms with van der Waals surface area (Å²) in [6.45, 7) is 4.30. The number of amides is 2. The van der Waals surface area contributed by atoms with Crippen LogP contribution in [0.3, 0.4) is 0 Å². The molecule has 0 bridgehead atoms. The zero-order valence-corrected chi connectivity index (χ0v) is 23.6. The molecule has 42 heavy (non-hydrogen) atoms. The van der Waals surface area contributed by atoms with E-state index < -0.39 is 0 Å². The molecule has 10 nitrogen and oxygen atoms in total. The number of ether oxygens (including phenoxy) is 2. The van der Waals surface area contributed by atoms with E-state index in [1.54, 1.807) is 25.3 Å². The minimum absolute atomic E-state index is 0.182. The molecule has 0 radical (unpaired) electrons. The first-order valence-corrected chi connectivity index (χ1v) is 13.6. The maximum Gasteiger partial charge on any atom is 0.255 e. The van der Waals surface area contributed by atoms with Crippen molar-refractivity contribution in [1.82, 2.24) is 14.9 Å². The van der Waals surface area contributed by atoms with Gasteiger partial charge in [0, 0.05) is 37.1 Å². The SMILES string of the molecule is C=CC(=O)Nc1ccc(-c2c(-c3ccc(C(=O)NC4CCC4)c(OC)c3)c3c(N)ncc(C#N)c3n2CCOC)cc1. The lowest BCUT2D eigenvalue weighted by Gasteiger charge is -2.26. The van der Waals surface area contributed by atoms with Crippen molar-refractivity contribution in [2.45, 2.75) is 31.8 Å². The summed E-state index contributed by atoms with van der Waals surface area (Å²) in [6, 6.07) is 15.2. The third kappa shape index (κ3) is 5.30. The number of carbonyl (C=O) groups is 2. The Morgan fingerprint density at radius 3 is 2.55 bits per heavy atom. The first-order chi connectivity index (χ1) is 20.4. The van der Waals surface area contributed by atoms with Crippen molar-refractivity contribution in [3.05, 3.63) is 72.4 Å². The molecule has 1 aliphatic rings. The second-order valence-corrected chi connectivity index (χ2v) is 10.0. The average molecular weight is 565 g/mol. The van der Waals surface area contributed by atoms with E-state index in [0.29, 0.717) is 46.6 Å². The number of benzene rings is 2. The number of rotatable bonds is 10. The predicted octanol–water partition coefficient (Wildman–Crippen LogP) is 4.89. The Hall–Kier alpha value is -5.14. The standard InChI is InChI=1S/C32H32N6O4/c1-4-26(39)36-23-11-8-19(9-12-23)29-27(28-30(38(29)14-15-41-2)21(17-33)18-35-31(28)34)20-10-13-24(25(16-20)42-3)32(40)37-22-6-5-7-22/h4,8-13,16,18,22H,1,5-7,14-15H2,2-3H3,(H2,34,35)(H,36,39)(H,37,40). The molecule has 4 N–H and O–H groups in total. The van der Waals surface area contributed by atoms with E-state index >= 15 is 0 Å². The van der Waals surface area contributed by atoms with Gasteiger partial charge in [0.05, 0.1) is 41.4 Å². The van der Waals surface area contributed by atoms with Gasteiger partial charge in [-0.1, -0.05) is 24.8 Å². The van der Waals surface area contributed by atoms with Crippen LogP contribution in [-0.2, 0) is 16.1 Å². The van der Waals surface area contributed by atoms with E-state index in [4.69, 9.17) is 15.2 Å². The zero-order chi connectivity index (χ0) is 29.8. The van der Waals surface area contributed by atoms with Gasteiger partial charge >= 0.3 is 0 Å². The highest BCUT2D eigenvalue weighted by atomic mass is 16.5. The van der Waals surface area contributed by atoms with Crippen molar-refractivity contribution >= 4 is 34.2 Å². The molecule has 1 saturated carbocycles. The third-order valence-electron chi connectivity index (χ3n) is 7.53. The fourth-order valence-corrected chi connectivity index (χ4v) is 5.23. The van der Waals surface area contributed by atoms with Gasteiger partial charge in [-0.3, -0.25) is 9.59 Å². The highest BCUT2D eigenvalue weighted by Crippen LogP contribution is 2.45. The van der Waals surface area contributed by atoms with Gasteiger partial charge < -0.3 is 30.4 Å². The van der Waals surface area contributed by atoms with Crippen LogP contribution in [-0.4, -0.2) is 48.2 Å². The predicted molar refractivity (Wildman–Crippen MR) is 162 cm³/mol. The first-order valence-electron chi connectivity index (χ1n) is 13.6. The van der Waals surface area contributed by atoms with Crippen molar-refractivity contribution in [1.29, 1.82) is 5.26 Å². The molecule has 2 amide bonds. The Bertz CT molecular complexity index is 1710. The third-order valence-corrected chi connectivity index (χ3v) is 7.53. The molecule has 4 aromatic rings. The number of methoxy groups -OCH3 is 2. The minimum Gasteiger partial charge on any atom is -0.496 e. The van der Waals surface area contributed by atoms with Gasteiger partial charge in [-0.15, -0.1) is 0 Å². The molecule has 10 heteroatoms. The fourth-order valence-electron chi connectivity index (χ4n) is 5.23. The molecule has 0 aliphatic heterocycles. The number of anilines is 2. The maximum absolute atomic E-state index is 13.1. The Labute approximate surface area is 243 Å². The quantitative estimate of drug-likeness (QED) is 0.233. The molecule has 1 fully saturated rings. The Kier molecular flexibility index (Phi) is 8.22. The number of hydrogen-bond donors (Lipinski definition) is 3. The monoisotopic (exact) mass is 564 g/mol. The summed E-state index contributed by atoms with van der Waals surface area (Å²) in [5, 5.41) is 16.5. The van der Waals surface area contributed by atoms with Crippen molar-refractivity contribution < 1.29 is 19.1 Å². The molecule has 2 aromatic carbocycles. The van der Waals surface area contributed by atoms with Crippen LogP contribution in [0.2, 0.25) is 0 Å². The number of aromatic nitrogens is 2. The van der Waals surface area contributed by atoms with E-state index in [2.05, 4.69) is 28.3 Å². The Balaban J connectivity index is 1.75. The molecule has 2 heterocycles. The number of nitrogens with one attached hydrogen (secondary N) is 2. The zero-order valence-electron chi connectivity index (χ0n) is 23.6. The number of nitrogens with two attached hydrogens (primary N) is 1. The van der Waals surface area contributed by atoms with E-state index in [-0.39, 0.29) is 23.7 Å². The van der Waals surface area contributed by atoms with Crippen LogP contribution in [0.15, 0.2) is 61.3 Å². The molecular weight excluding hydrogens is 532 g/mol. The molecule has 214 valence electrons. The topological polar surface area (TPSA) is 144 Å². The van der Waals surface area contributed by atoms with Gasteiger partial charge in [0.2, 0.25) is 5.91 Å². The summed E-state index contributed by atoms with van der Waals surface area (Å²) in [4.78, 5) is 29.2. The van der Waals surface area contributed by atoms with Crippen LogP contribution < -0.4 is 21.1 Å². The Morgan fingerprint density at radius 1 is 1.19 bits per heavy atom. The molecular formula is C32H32N6O4. The van der Waals surface area contributed by atoms with Gasteiger partial charge in [0.25, 0.3) is 5.91 Å². The molecule has 1 aliphatic carbocycles. The molecule has 0 atom stereocenters. The number of nitrogens with zero attached hydrogens (tertiary/aromatic N) is 3. The summed E-state index contributed by atoms with van der Waals surface area (Å²) in [7, 11) is 3.14. The highest BCUT2D eigenvalue weighted by molar-refractivity contribution is 6.11. The summed E-state index contributed by atoms with van der Waals surface area (Å²) >= 11 is 0. The fraction of sp³-hybridized carbons (Fsp3) is 0.250. The first kappa shape index (κ1) is 28.4. The van der Waals surface area contributed by atoms with Crippen LogP contribution in [0.25, 0.3) is 33.3 Å². The van der Waals surface area contributed by atoms with Gasteiger partial charge in [-0.25, -0.2) is 4.98 Å². The molecule has 0 spiro atoms. The van der Waals surface area contributed by atoms with Gasteiger partial charge in [-0.05, 0) is 60.7 Å². The van der Waals surface area contributed by atoms with Gasteiger partial charge in [0.1, 0.15) is 17.6 Å². The van der Waals surface area contributed by atoms with Crippen LogP contribution in [0.5, 0.6) is 5.75 Å². The van der Waals surface area contributed by atoms with Crippen LogP contribution >= 0.6 is 0 Å². The van der Waals surface area contributed by atoms with E-state index in [1.807, 2.05) is 28.8 Å². The number of fused-ring (bicyclic) bond motifs is 1. The largest absolute Gasteiger partial charge is 0.496 e. The van der Waals surface area contributed by atoms with Gasteiger partial charge in [-0.2, -0.15) is 5.26 Å². The number of nitrogen functional groups attached to an aromatic ring is 1. The lowest BCUT2D eigenvalue weighted by atomic mass is 9.92. The van der Waals surface area contributed by atoms with E-state index in [0.717, 1.165) is 41.6 Å². The highest BCUT2D eigenvalue weighted by Gasteiger charge is 2.27.